The molecule has 0 spiro atoms. The largest absolute Gasteiger partial charge is 0.326 e. The molecular formula is C17H27FN2. The molecule has 1 aliphatic heterocycles. The van der Waals surface area contributed by atoms with E-state index in [2.05, 4.69) is 11.8 Å². The third kappa shape index (κ3) is 4.03. The van der Waals surface area contributed by atoms with Gasteiger partial charge in [0.2, 0.25) is 0 Å². The monoisotopic (exact) mass is 278 g/mol. The molecule has 1 saturated heterocycles. The summed E-state index contributed by atoms with van der Waals surface area (Å²) < 4.78 is 13.1. The van der Waals surface area contributed by atoms with Crippen molar-refractivity contribution in [1.29, 1.82) is 0 Å². The van der Waals surface area contributed by atoms with Crippen LogP contribution in [-0.4, -0.2) is 24.0 Å². The second-order valence-electron chi connectivity index (χ2n) is 5.87. The lowest BCUT2D eigenvalue weighted by atomic mass is 9.94. The fourth-order valence-electron chi connectivity index (χ4n) is 3.16. The lowest BCUT2D eigenvalue weighted by molar-refractivity contribution is 0.154. The molecule has 1 fully saturated rings. The van der Waals surface area contributed by atoms with Gasteiger partial charge in [-0.15, -0.1) is 0 Å². The van der Waals surface area contributed by atoms with E-state index in [1.807, 2.05) is 12.1 Å². The molecule has 2 atom stereocenters. The zero-order chi connectivity index (χ0) is 14.4. The molecular weight excluding hydrogens is 251 g/mol. The summed E-state index contributed by atoms with van der Waals surface area (Å²) in [6, 6.07) is 7.23. The number of hydrogen-bond donors (Lipinski definition) is 1. The van der Waals surface area contributed by atoms with Crippen LogP contribution in [0.3, 0.4) is 0 Å². The highest BCUT2D eigenvalue weighted by atomic mass is 19.1. The quantitative estimate of drug-likeness (QED) is 0.906. The SMILES string of the molecule is CCC(N)C(c1ccc(F)cc1)N1CCCCCCC1. The van der Waals surface area contributed by atoms with Crippen LogP contribution in [0.5, 0.6) is 0 Å². The molecule has 2 N–H and O–H groups in total. The van der Waals surface area contributed by atoms with Crippen molar-refractivity contribution in [2.45, 2.75) is 57.5 Å². The molecule has 2 nitrogen and oxygen atoms in total. The van der Waals surface area contributed by atoms with Gasteiger partial charge in [-0.2, -0.15) is 0 Å². The topological polar surface area (TPSA) is 29.3 Å². The third-order valence-corrected chi connectivity index (χ3v) is 4.37. The Labute approximate surface area is 122 Å². The lowest BCUT2D eigenvalue weighted by Crippen LogP contribution is -2.42. The van der Waals surface area contributed by atoms with Crippen molar-refractivity contribution in [2.24, 2.45) is 5.73 Å². The summed E-state index contributed by atoms with van der Waals surface area (Å²) in [6.45, 7) is 4.34. The van der Waals surface area contributed by atoms with Gasteiger partial charge in [-0.05, 0) is 50.0 Å². The minimum absolute atomic E-state index is 0.111. The van der Waals surface area contributed by atoms with Crippen molar-refractivity contribution in [1.82, 2.24) is 4.90 Å². The number of likely N-dealkylation sites (tertiary alicyclic amines) is 1. The van der Waals surface area contributed by atoms with Gasteiger partial charge in [-0.3, -0.25) is 4.90 Å². The molecule has 0 radical (unpaired) electrons. The first-order chi connectivity index (χ1) is 9.72. The van der Waals surface area contributed by atoms with Crippen LogP contribution >= 0.6 is 0 Å². The third-order valence-electron chi connectivity index (χ3n) is 4.37. The summed E-state index contributed by atoms with van der Waals surface area (Å²) in [5.74, 6) is -0.176. The zero-order valence-electron chi connectivity index (χ0n) is 12.5. The van der Waals surface area contributed by atoms with Crippen molar-refractivity contribution in [3.8, 4) is 0 Å². The Morgan fingerprint density at radius 3 is 2.15 bits per heavy atom. The van der Waals surface area contributed by atoms with Gasteiger partial charge in [0, 0.05) is 12.1 Å². The van der Waals surface area contributed by atoms with E-state index >= 15 is 0 Å². The molecule has 1 aromatic carbocycles. The standard InChI is InChI=1S/C17H27FN2/c1-2-16(19)17(14-8-10-15(18)11-9-14)20-12-6-4-3-5-7-13-20/h8-11,16-17H,2-7,12-13,19H2,1H3. The summed E-state index contributed by atoms with van der Waals surface area (Å²) >= 11 is 0. The van der Waals surface area contributed by atoms with E-state index in [0.717, 1.165) is 25.1 Å². The van der Waals surface area contributed by atoms with Crippen molar-refractivity contribution in [3.63, 3.8) is 0 Å². The Balaban J connectivity index is 2.19. The molecule has 1 aromatic rings. The van der Waals surface area contributed by atoms with Gasteiger partial charge in [-0.1, -0.05) is 38.3 Å². The van der Waals surface area contributed by atoms with E-state index in [9.17, 15) is 4.39 Å². The molecule has 0 bridgehead atoms. The Morgan fingerprint density at radius 2 is 1.60 bits per heavy atom. The lowest BCUT2D eigenvalue weighted by Gasteiger charge is -2.36. The van der Waals surface area contributed by atoms with Gasteiger partial charge in [-0.25, -0.2) is 4.39 Å². The van der Waals surface area contributed by atoms with Crippen molar-refractivity contribution in [3.05, 3.63) is 35.6 Å². The van der Waals surface area contributed by atoms with Crippen LogP contribution in [0.15, 0.2) is 24.3 Å². The van der Waals surface area contributed by atoms with Crippen LogP contribution in [0.2, 0.25) is 0 Å². The minimum Gasteiger partial charge on any atom is -0.326 e. The second-order valence-corrected chi connectivity index (χ2v) is 5.87. The van der Waals surface area contributed by atoms with E-state index in [1.54, 1.807) is 12.1 Å². The van der Waals surface area contributed by atoms with Crippen LogP contribution in [0, 0.1) is 5.82 Å². The van der Waals surface area contributed by atoms with E-state index in [1.165, 1.54) is 32.1 Å². The Hall–Kier alpha value is -0.930. The number of hydrogen-bond acceptors (Lipinski definition) is 2. The number of nitrogens with two attached hydrogens (primary N) is 1. The molecule has 0 saturated carbocycles. The van der Waals surface area contributed by atoms with Crippen LogP contribution in [0.1, 0.15) is 57.1 Å². The fraction of sp³-hybridized carbons (Fsp3) is 0.647. The maximum Gasteiger partial charge on any atom is 0.123 e. The van der Waals surface area contributed by atoms with E-state index in [-0.39, 0.29) is 17.9 Å². The van der Waals surface area contributed by atoms with Crippen LogP contribution in [-0.2, 0) is 0 Å². The molecule has 112 valence electrons. The van der Waals surface area contributed by atoms with Crippen LogP contribution in [0.25, 0.3) is 0 Å². The van der Waals surface area contributed by atoms with E-state index in [4.69, 9.17) is 5.73 Å². The van der Waals surface area contributed by atoms with Crippen molar-refractivity contribution >= 4 is 0 Å². The number of rotatable bonds is 4. The first-order valence-corrected chi connectivity index (χ1v) is 7.97. The highest BCUT2D eigenvalue weighted by Gasteiger charge is 2.25. The van der Waals surface area contributed by atoms with Gasteiger partial charge in [0.25, 0.3) is 0 Å². The molecule has 0 aromatic heterocycles. The van der Waals surface area contributed by atoms with Gasteiger partial charge in [0.1, 0.15) is 5.82 Å². The first-order valence-electron chi connectivity index (χ1n) is 7.97. The van der Waals surface area contributed by atoms with Crippen molar-refractivity contribution in [2.75, 3.05) is 13.1 Å². The zero-order valence-corrected chi connectivity index (χ0v) is 12.5. The molecule has 2 rings (SSSR count). The normalized spacial score (nSPS) is 20.9. The second kappa shape index (κ2) is 7.75. The molecule has 0 aliphatic carbocycles. The van der Waals surface area contributed by atoms with E-state index in [0.29, 0.717) is 0 Å². The van der Waals surface area contributed by atoms with Crippen molar-refractivity contribution < 1.29 is 4.39 Å². The average molecular weight is 278 g/mol. The predicted molar refractivity (Wildman–Crippen MR) is 82.1 cm³/mol. The van der Waals surface area contributed by atoms with Crippen LogP contribution in [0.4, 0.5) is 4.39 Å². The molecule has 1 heterocycles. The van der Waals surface area contributed by atoms with E-state index < -0.39 is 0 Å². The summed E-state index contributed by atoms with van der Waals surface area (Å²) in [7, 11) is 0. The average Bonchev–Trinajstić information content (AvgIpc) is 2.42. The number of halogens is 1. The molecule has 2 unspecified atom stereocenters. The van der Waals surface area contributed by atoms with Gasteiger partial charge >= 0.3 is 0 Å². The molecule has 1 aliphatic rings. The Morgan fingerprint density at radius 1 is 1.05 bits per heavy atom. The maximum atomic E-state index is 13.1. The minimum atomic E-state index is -0.176. The highest BCUT2D eigenvalue weighted by Crippen LogP contribution is 2.27. The Kier molecular flexibility index (Phi) is 5.99. The number of benzene rings is 1. The van der Waals surface area contributed by atoms with Gasteiger partial charge < -0.3 is 5.73 Å². The molecule has 20 heavy (non-hydrogen) atoms. The van der Waals surface area contributed by atoms with Crippen LogP contribution < -0.4 is 5.73 Å². The molecule has 0 amide bonds. The predicted octanol–water partition coefficient (Wildman–Crippen LogP) is 3.87. The molecule has 3 heteroatoms. The fourth-order valence-corrected chi connectivity index (χ4v) is 3.16. The summed E-state index contributed by atoms with van der Waals surface area (Å²) in [6.07, 6.45) is 7.41. The summed E-state index contributed by atoms with van der Waals surface area (Å²) in [5.41, 5.74) is 7.53. The smallest absolute Gasteiger partial charge is 0.123 e. The number of nitrogens with zero attached hydrogens (tertiary/aromatic N) is 1. The highest BCUT2D eigenvalue weighted by molar-refractivity contribution is 5.21. The van der Waals surface area contributed by atoms with Gasteiger partial charge in [0.05, 0.1) is 0 Å². The summed E-state index contributed by atoms with van der Waals surface area (Å²) in [5, 5.41) is 0. The maximum absolute atomic E-state index is 13.1. The van der Waals surface area contributed by atoms with Gasteiger partial charge in [0.15, 0.2) is 0 Å². The first kappa shape index (κ1) is 15.5. The summed E-state index contributed by atoms with van der Waals surface area (Å²) in [4.78, 5) is 2.51. The Bertz CT molecular complexity index is 382.